The molecule has 12 nitrogen and oxygen atoms in total. The molecule has 14 heteroatoms. The van der Waals surface area contributed by atoms with Gasteiger partial charge in [-0.2, -0.15) is 9.37 Å². The lowest BCUT2D eigenvalue weighted by Gasteiger charge is -2.13. The van der Waals surface area contributed by atoms with Gasteiger partial charge in [-0.3, -0.25) is 14.9 Å². The summed E-state index contributed by atoms with van der Waals surface area (Å²) in [5.41, 5.74) is 0.454. The van der Waals surface area contributed by atoms with Crippen molar-refractivity contribution in [1.29, 1.82) is 0 Å². The zero-order valence-corrected chi connectivity index (χ0v) is 20.9. The predicted molar refractivity (Wildman–Crippen MR) is 145 cm³/mol. The molecule has 0 bridgehead atoms. The van der Waals surface area contributed by atoms with Crippen LogP contribution in [-0.2, 0) is 0 Å². The van der Waals surface area contributed by atoms with Crippen molar-refractivity contribution in [3.63, 3.8) is 0 Å². The molecule has 0 unspecified atom stereocenters. The number of carbonyl (C=O) groups is 1. The van der Waals surface area contributed by atoms with Crippen molar-refractivity contribution in [3.8, 4) is 22.1 Å². The first-order valence-electron chi connectivity index (χ1n) is 11.4. The number of hydrogen-bond acceptors (Lipinski definition) is 11. The van der Waals surface area contributed by atoms with Gasteiger partial charge in [-0.15, -0.1) is 11.3 Å². The van der Waals surface area contributed by atoms with E-state index in [0.717, 1.165) is 11.3 Å². The number of nitro groups is 1. The summed E-state index contributed by atoms with van der Waals surface area (Å²) >= 11 is 1.12. The van der Waals surface area contributed by atoms with Gasteiger partial charge < -0.3 is 25.3 Å². The first-order valence-corrected chi connectivity index (χ1v) is 12.3. The highest BCUT2D eigenvalue weighted by Gasteiger charge is 2.20. The highest BCUT2D eigenvalue weighted by molar-refractivity contribution is 7.13. The molecule has 0 saturated carbocycles. The minimum Gasteiger partial charge on any atom is -0.508 e. The van der Waals surface area contributed by atoms with Crippen LogP contribution in [0.3, 0.4) is 0 Å². The Morgan fingerprint density at radius 1 is 1.02 bits per heavy atom. The van der Waals surface area contributed by atoms with Crippen molar-refractivity contribution in [2.24, 2.45) is 0 Å². The van der Waals surface area contributed by atoms with E-state index >= 15 is 4.39 Å². The van der Waals surface area contributed by atoms with Crippen LogP contribution < -0.4 is 10.6 Å². The first-order chi connectivity index (χ1) is 19.3. The van der Waals surface area contributed by atoms with Crippen LogP contribution >= 0.6 is 11.3 Å². The highest BCUT2D eigenvalue weighted by Crippen LogP contribution is 2.32. The quantitative estimate of drug-likeness (QED) is 0.0783. The van der Waals surface area contributed by atoms with E-state index < -0.39 is 22.7 Å². The largest absolute Gasteiger partial charge is 0.508 e. The van der Waals surface area contributed by atoms with Crippen molar-refractivity contribution in [3.05, 3.63) is 99.4 Å². The second-order valence-electron chi connectivity index (χ2n) is 8.04. The lowest BCUT2D eigenvalue weighted by Crippen LogP contribution is -2.16. The lowest BCUT2D eigenvalue weighted by atomic mass is 10.2. The zero-order valence-electron chi connectivity index (χ0n) is 20.1. The van der Waals surface area contributed by atoms with Gasteiger partial charge in [0.25, 0.3) is 5.91 Å². The van der Waals surface area contributed by atoms with Gasteiger partial charge in [-0.05, 0) is 54.6 Å². The van der Waals surface area contributed by atoms with Gasteiger partial charge in [0.15, 0.2) is 11.6 Å². The third-order valence-corrected chi connectivity index (χ3v) is 6.19. The number of thiazole rings is 1. The highest BCUT2D eigenvalue weighted by atomic mass is 32.1. The molecule has 40 heavy (non-hydrogen) atoms. The number of phenols is 2. The number of para-hydroxylation sites is 1. The molecule has 0 spiro atoms. The summed E-state index contributed by atoms with van der Waals surface area (Å²) in [6, 6.07) is 14.9. The number of aromatic nitrogens is 3. The number of halogens is 1. The Bertz CT molecular complexity index is 1750. The number of nitrogens with one attached hydrogen (secondary N) is 2. The number of phenolic OH excluding ortho intramolecular Hbond substituents is 2. The van der Waals surface area contributed by atoms with Crippen LogP contribution in [0.4, 0.5) is 27.5 Å². The summed E-state index contributed by atoms with van der Waals surface area (Å²) in [6.45, 7) is 0. The van der Waals surface area contributed by atoms with E-state index in [1.807, 2.05) is 0 Å². The Hall–Kier alpha value is -5.63. The number of nitrogens with zero attached hydrogens (tertiary/aromatic N) is 4. The van der Waals surface area contributed by atoms with Crippen molar-refractivity contribution in [2.45, 2.75) is 0 Å². The second-order valence-corrected chi connectivity index (χ2v) is 8.90. The molecular weight excluding hydrogens is 543 g/mol. The van der Waals surface area contributed by atoms with Gasteiger partial charge in [-0.25, -0.2) is 9.97 Å². The smallest absolute Gasteiger partial charge is 0.433 e. The number of hydrogen-bond donors (Lipinski definition) is 4. The predicted octanol–water partition coefficient (Wildman–Crippen LogP) is 5.82. The molecule has 1 amide bonds. The first kappa shape index (κ1) is 26.0. The average Bonchev–Trinajstić information content (AvgIpc) is 3.61. The van der Waals surface area contributed by atoms with Gasteiger partial charge >= 0.3 is 5.88 Å². The van der Waals surface area contributed by atoms with E-state index in [1.54, 1.807) is 18.2 Å². The lowest BCUT2D eigenvalue weighted by molar-refractivity contribution is -0.402. The van der Waals surface area contributed by atoms with Crippen molar-refractivity contribution in [1.82, 2.24) is 15.0 Å². The van der Waals surface area contributed by atoms with Crippen LogP contribution in [0.25, 0.3) is 22.7 Å². The average molecular weight is 561 g/mol. The summed E-state index contributed by atoms with van der Waals surface area (Å²) in [5.74, 6) is -2.42. The van der Waals surface area contributed by atoms with E-state index in [2.05, 4.69) is 25.6 Å². The summed E-state index contributed by atoms with van der Waals surface area (Å²) in [5, 5.41) is 37.6. The minimum atomic E-state index is -1.08. The molecule has 0 saturated heterocycles. The second kappa shape index (κ2) is 11.0. The summed E-state index contributed by atoms with van der Waals surface area (Å²) in [7, 11) is 0. The van der Waals surface area contributed by atoms with Gasteiger partial charge in [0.1, 0.15) is 38.6 Å². The van der Waals surface area contributed by atoms with Crippen LogP contribution in [0.15, 0.2) is 70.5 Å². The van der Waals surface area contributed by atoms with Crippen LogP contribution in [0.1, 0.15) is 22.1 Å². The molecule has 4 N–H and O–H groups in total. The van der Waals surface area contributed by atoms with Crippen LogP contribution in [0, 0.1) is 16.1 Å². The molecule has 5 aromatic rings. The van der Waals surface area contributed by atoms with Gasteiger partial charge in [0, 0.05) is 11.1 Å². The molecule has 2 aromatic carbocycles. The van der Waals surface area contributed by atoms with Crippen LogP contribution in [0.2, 0.25) is 0 Å². The van der Waals surface area contributed by atoms with E-state index in [4.69, 9.17) is 4.42 Å². The number of amides is 1. The van der Waals surface area contributed by atoms with Crippen molar-refractivity contribution >= 4 is 52.5 Å². The molecule has 0 aliphatic carbocycles. The normalized spacial score (nSPS) is 11.0. The molecule has 3 heterocycles. The fraction of sp³-hybridized carbons (Fsp3) is 0. The Morgan fingerprint density at radius 2 is 1.80 bits per heavy atom. The third kappa shape index (κ3) is 5.76. The number of aromatic hydroxyl groups is 2. The maximum atomic E-state index is 15.3. The number of anilines is 3. The Kier molecular flexibility index (Phi) is 7.15. The summed E-state index contributed by atoms with van der Waals surface area (Å²) < 4.78 is 20.3. The Labute approximate surface area is 228 Å². The van der Waals surface area contributed by atoms with E-state index in [-0.39, 0.29) is 40.3 Å². The Balaban J connectivity index is 1.45. The molecule has 0 radical (unpaired) electrons. The molecule has 0 fully saturated rings. The topological polar surface area (TPSA) is 177 Å². The fourth-order valence-corrected chi connectivity index (χ4v) is 4.26. The minimum absolute atomic E-state index is 0.00330. The maximum Gasteiger partial charge on any atom is 0.433 e. The van der Waals surface area contributed by atoms with Gasteiger partial charge in [-0.1, -0.05) is 12.1 Å². The van der Waals surface area contributed by atoms with Crippen molar-refractivity contribution in [2.75, 3.05) is 10.6 Å². The maximum absolute atomic E-state index is 15.3. The molecule has 0 aliphatic rings. The molecule has 200 valence electrons. The molecule has 5 rings (SSSR count). The summed E-state index contributed by atoms with van der Waals surface area (Å²) in [6.07, 6.45) is 2.60. The fourth-order valence-electron chi connectivity index (χ4n) is 3.43. The Morgan fingerprint density at radius 3 is 2.52 bits per heavy atom. The molecule has 0 atom stereocenters. The van der Waals surface area contributed by atoms with E-state index in [1.165, 1.54) is 60.0 Å². The van der Waals surface area contributed by atoms with Gasteiger partial charge in [0.05, 0.1) is 11.6 Å². The zero-order chi connectivity index (χ0) is 28.2. The van der Waals surface area contributed by atoms with E-state index in [9.17, 15) is 25.1 Å². The van der Waals surface area contributed by atoms with E-state index in [0.29, 0.717) is 16.3 Å². The van der Waals surface area contributed by atoms with Crippen molar-refractivity contribution < 1.29 is 28.7 Å². The molecular formula is C26H17FN6O6S. The molecule has 0 aliphatic heterocycles. The van der Waals surface area contributed by atoms with Crippen LogP contribution in [0.5, 0.6) is 11.5 Å². The number of carbonyl (C=O) groups excluding carboxylic acids is 1. The number of benzene rings is 2. The monoisotopic (exact) mass is 560 g/mol. The van der Waals surface area contributed by atoms with Gasteiger partial charge in [0.2, 0.25) is 5.95 Å². The number of rotatable bonds is 8. The number of furan rings is 1. The standard InChI is InChI=1S/C26H17FN6O6S/c27-23-22(32-25(36)18-13-40-26(29-18)17-3-1-2-4-19(17)35)24(28-14-5-7-15(34)8-6-14)31-20(30-23)11-9-16-10-12-21(39-16)33(37)38/h1-13,34-35H,(H,32,36)(H,28,30,31). The third-order valence-electron chi connectivity index (χ3n) is 5.31. The van der Waals surface area contributed by atoms with Crippen LogP contribution in [-0.4, -0.2) is 36.0 Å². The summed E-state index contributed by atoms with van der Waals surface area (Å²) in [4.78, 5) is 35.4. The molecule has 3 aromatic heterocycles. The SMILES string of the molecule is O=C(Nc1c(F)nc(C=Cc2ccc([N+](=O)[O-])o2)nc1Nc1ccc(O)cc1)c1csc(-c2ccccc2O)n1.